The van der Waals surface area contributed by atoms with Crippen molar-refractivity contribution in [3.8, 4) is 0 Å². The van der Waals surface area contributed by atoms with Crippen LogP contribution >= 0.6 is 11.3 Å². The standard InChI is InChI=1S/C17H15N5O2S/c23-14-9-8-13(21-22(14)10-11-4-2-1-3-5-11)15(24)18-17-20-19-16(25-17)12-6-7-12/h1-5,8-9,12H,6-7,10H2,(H,18,20,24). The van der Waals surface area contributed by atoms with Crippen LogP contribution < -0.4 is 10.9 Å². The van der Waals surface area contributed by atoms with Gasteiger partial charge in [0.15, 0.2) is 0 Å². The fourth-order valence-electron chi connectivity index (χ4n) is 2.38. The van der Waals surface area contributed by atoms with Crippen LogP contribution in [0.25, 0.3) is 0 Å². The van der Waals surface area contributed by atoms with Gasteiger partial charge in [-0.3, -0.25) is 14.9 Å². The van der Waals surface area contributed by atoms with E-state index in [1.54, 1.807) is 0 Å². The summed E-state index contributed by atoms with van der Waals surface area (Å²) in [5.41, 5.74) is 0.846. The van der Waals surface area contributed by atoms with Crippen LogP contribution in [0.3, 0.4) is 0 Å². The van der Waals surface area contributed by atoms with Gasteiger partial charge in [0.1, 0.15) is 10.7 Å². The quantitative estimate of drug-likeness (QED) is 0.760. The first-order valence-electron chi connectivity index (χ1n) is 7.96. The predicted molar refractivity (Wildman–Crippen MR) is 93.9 cm³/mol. The summed E-state index contributed by atoms with van der Waals surface area (Å²) < 4.78 is 1.28. The maximum absolute atomic E-state index is 12.4. The zero-order chi connectivity index (χ0) is 17.2. The third kappa shape index (κ3) is 3.63. The number of hydrogen-bond donors (Lipinski definition) is 1. The largest absolute Gasteiger partial charge is 0.295 e. The molecule has 7 nitrogen and oxygen atoms in total. The molecule has 0 atom stereocenters. The highest BCUT2D eigenvalue weighted by atomic mass is 32.1. The van der Waals surface area contributed by atoms with Crippen molar-refractivity contribution in [2.45, 2.75) is 25.3 Å². The van der Waals surface area contributed by atoms with Crippen LogP contribution in [0.5, 0.6) is 0 Å². The summed E-state index contributed by atoms with van der Waals surface area (Å²) in [6, 6.07) is 12.3. The number of rotatable bonds is 5. The van der Waals surface area contributed by atoms with Crippen LogP contribution in [0.4, 0.5) is 5.13 Å². The van der Waals surface area contributed by atoms with Crippen LogP contribution in [0.15, 0.2) is 47.3 Å². The van der Waals surface area contributed by atoms with Crippen LogP contribution in [0.2, 0.25) is 0 Å². The van der Waals surface area contributed by atoms with Crippen molar-refractivity contribution in [3.63, 3.8) is 0 Å². The minimum Gasteiger partial charge on any atom is -0.295 e. The third-order valence-corrected chi connectivity index (χ3v) is 4.86. The molecule has 2 aromatic heterocycles. The Morgan fingerprint density at radius 3 is 2.72 bits per heavy atom. The summed E-state index contributed by atoms with van der Waals surface area (Å²) in [7, 11) is 0. The number of benzene rings is 1. The maximum atomic E-state index is 12.4. The normalized spacial score (nSPS) is 13.6. The first kappa shape index (κ1) is 15.6. The molecule has 1 N–H and O–H groups in total. The Morgan fingerprint density at radius 1 is 1.16 bits per heavy atom. The second-order valence-corrected chi connectivity index (χ2v) is 6.88. The molecule has 1 aromatic carbocycles. The molecule has 0 aliphatic heterocycles. The molecule has 1 saturated carbocycles. The van der Waals surface area contributed by atoms with E-state index in [0.29, 0.717) is 17.6 Å². The van der Waals surface area contributed by atoms with E-state index < -0.39 is 5.91 Å². The second-order valence-electron chi connectivity index (χ2n) is 5.87. The van der Waals surface area contributed by atoms with Gasteiger partial charge in [0.25, 0.3) is 11.5 Å². The lowest BCUT2D eigenvalue weighted by molar-refractivity contribution is 0.102. The zero-order valence-electron chi connectivity index (χ0n) is 13.3. The molecule has 4 rings (SSSR count). The molecule has 0 radical (unpaired) electrons. The lowest BCUT2D eigenvalue weighted by atomic mass is 10.2. The van der Waals surface area contributed by atoms with E-state index in [1.807, 2.05) is 30.3 Å². The molecular formula is C17H15N5O2S. The lowest BCUT2D eigenvalue weighted by Gasteiger charge is -2.06. The topological polar surface area (TPSA) is 89.8 Å². The van der Waals surface area contributed by atoms with Gasteiger partial charge in [-0.1, -0.05) is 41.7 Å². The van der Waals surface area contributed by atoms with Crippen molar-refractivity contribution in [1.29, 1.82) is 0 Å². The Bertz CT molecular complexity index is 962. The lowest BCUT2D eigenvalue weighted by Crippen LogP contribution is -2.26. The molecule has 126 valence electrons. The predicted octanol–water partition coefficient (Wildman–Crippen LogP) is 2.27. The Balaban J connectivity index is 1.51. The van der Waals surface area contributed by atoms with Crippen molar-refractivity contribution in [2.24, 2.45) is 0 Å². The number of carbonyl (C=O) groups is 1. The Labute approximate surface area is 147 Å². The van der Waals surface area contributed by atoms with Gasteiger partial charge in [-0.15, -0.1) is 10.2 Å². The van der Waals surface area contributed by atoms with Gasteiger partial charge >= 0.3 is 0 Å². The molecule has 1 aliphatic rings. The molecule has 0 spiro atoms. The number of nitrogens with zero attached hydrogens (tertiary/aromatic N) is 4. The van der Waals surface area contributed by atoms with Crippen LogP contribution in [0.1, 0.15) is 39.8 Å². The number of amides is 1. The fraction of sp³-hybridized carbons (Fsp3) is 0.235. The average Bonchev–Trinajstić information content (AvgIpc) is 3.37. The van der Waals surface area contributed by atoms with E-state index in [0.717, 1.165) is 23.4 Å². The van der Waals surface area contributed by atoms with Gasteiger partial charge in [-0.2, -0.15) is 5.10 Å². The van der Waals surface area contributed by atoms with E-state index in [9.17, 15) is 9.59 Å². The molecule has 3 aromatic rings. The molecule has 1 aliphatic carbocycles. The second kappa shape index (κ2) is 6.56. The number of carbonyl (C=O) groups excluding carboxylic acids is 1. The molecule has 1 amide bonds. The van der Waals surface area contributed by atoms with Crippen LogP contribution in [-0.4, -0.2) is 25.9 Å². The van der Waals surface area contributed by atoms with Crippen molar-refractivity contribution in [3.05, 3.63) is 69.1 Å². The molecule has 2 heterocycles. The molecule has 0 unspecified atom stereocenters. The summed E-state index contributed by atoms with van der Waals surface area (Å²) in [5.74, 6) is 0.0920. The highest BCUT2D eigenvalue weighted by Crippen LogP contribution is 2.42. The first-order chi connectivity index (χ1) is 12.2. The molecule has 25 heavy (non-hydrogen) atoms. The summed E-state index contributed by atoms with van der Waals surface area (Å²) >= 11 is 1.39. The van der Waals surface area contributed by atoms with Crippen molar-refractivity contribution in [2.75, 3.05) is 5.32 Å². The summed E-state index contributed by atoms with van der Waals surface area (Å²) in [4.78, 5) is 24.4. The van der Waals surface area contributed by atoms with Crippen molar-refractivity contribution < 1.29 is 4.79 Å². The van der Waals surface area contributed by atoms with E-state index >= 15 is 0 Å². The van der Waals surface area contributed by atoms with Gasteiger partial charge in [-0.05, 0) is 24.5 Å². The summed E-state index contributed by atoms with van der Waals surface area (Å²) in [6.07, 6.45) is 2.27. The molecule has 0 saturated heterocycles. The highest BCUT2D eigenvalue weighted by molar-refractivity contribution is 7.15. The Hall–Kier alpha value is -2.87. The van der Waals surface area contributed by atoms with Gasteiger partial charge in [0, 0.05) is 12.0 Å². The number of anilines is 1. The number of aromatic nitrogens is 4. The minimum atomic E-state index is -0.402. The zero-order valence-corrected chi connectivity index (χ0v) is 14.1. The van der Waals surface area contributed by atoms with Gasteiger partial charge in [0.2, 0.25) is 5.13 Å². The minimum absolute atomic E-state index is 0.165. The Kier molecular flexibility index (Phi) is 4.10. The fourth-order valence-corrected chi connectivity index (χ4v) is 3.29. The molecular weight excluding hydrogens is 338 g/mol. The summed E-state index contributed by atoms with van der Waals surface area (Å²) in [6.45, 7) is 0.311. The van der Waals surface area contributed by atoms with Gasteiger partial charge in [-0.25, -0.2) is 4.68 Å². The molecule has 0 bridgehead atoms. The van der Waals surface area contributed by atoms with Crippen molar-refractivity contribution >= 4 is 22.4 Å². The van der Waals surface area contributed by atoms with Crippen LogP contribution in [0, 0.1) is 0 Å². The van der Waals surface area contributed by atoms with Crippen molar-refractivity contribution in [1.82, 2.24) is 20.0 Å². The number of hydrogen-bond acceptors (Lipinski definition) is 6. The van der Waals surface area contributed by atoms with E-state index in [-0.39, 0.29) is 11.3 Å². The smallest absolute Gasteiger partial charge is 0.277 e. The Morgan fingerprint density at radius 2 is 1.96 bits per heavy atom. The van der Waals surface area contributed by atoms with E-state index in [4.69, 9.17) is 0 Å². The van der Waals surface area contributed by atoms with Crippen LogP contribution in [-0.2, 0) is 6.54 Å². The number of nitrogens with one attached hydrogen (secondary N) is 1. The monoisotopic (exact) mass is 353 g/mol. The average molecular weight is 353 g/mol. The van der Waals surface area contributed by atoms with E-state index in [2.05, 4.69) is 20.6 Å². The molecule has 1 fully saturated rings. The van der Waals surface area contributed by atoms with Gasteiger partial charge < -0.3 is 0 Å². The SMILES string of the molecule is O=C(Nc1nnc(C2CC2)s1)c1ccc(=O)n(Cc2ccccc2)n1. The molecule has 8 heteroatoms. The first-order valence-corrected chi connectivity index (χ1v) is 8.77. The highest BCUT2D eigenvalue weighted by Gasteiger charge is 2.27. The third-order valence-electron chi connectivity index (χ3n) is 3.86. The van der Waals surface area contributed by atoms with E-state index in [1.165, 1.54) is 28.2 Å². The summed E-state index contributed by atoms with van der Waals surface area (Å²) in [5, 5.41) is 16.4. The maximum Gasteiger partial charge on any atom is 0.277 e. The van der Waals surface area contributed by atoms with Gasteiger partial charge in [0.05, 0.1) is 6.54 Å².